The number of carboxylic acids is 1. The van der Waals surface area contributed by atoms with Crippen LogP contribution >= 0.6 is 11.6 Å². The Morgan fingerprint density at radius 3 is 2.36 bits per heavy atom. The number of ether oxygens (including phenoxy) is 1. The topological polar surface area (TPSA) is 79.6 Å². The number of benzene rings is 2. The van der Waals surface area contributed by atoms with Crippen LogP contribution in [0.2, 0.25) is 5.02 Å². The van der Waals surface area contributed by atoms with Crippen LogP contribution in [0.25, 0.3) is 22.3 Å². The van der Waals surface area contributed by atoms with Crippen molar-refractivity contribution in [3.63, 3.8) is 0 Å². The first-order valence-electron chi connectivity index (χ1n) is 8.82. The van der Waals surface area contributed by atoms with E-state index in [0.717, 1.165) is 5.56 Å². The largest absolute Gasteiger partial charge is 0.546 e. The number of rotatable bonds is 4. The molecular weight excluding hydrogens is 380 g/mol. The standard InChI is InChI=1S/C22H21ClO5/c1-12(21(25)26)27-20-18(24)16-11-15(23)9-10-17(16)28-19(20)13-5-7-14(8-6-13)22(2,3)4/h5-12H,1-4H3,(H,25,26)/p-1. The van der Waals surface area contributed by atoms with E-state index in [4.69, 9.17) is 20.8 Å². The summed E-state index contributed by atoms with van der Waals surface area (Å²) in [6, 6.07) is 12.2. The van der Waals surface area contributed by atoms with Crippen LogP contribution in [0.4, 0.5) is 0 Å². The summed E-state index contributed by atoms with van der Waals surface area (Å²) in [7, 11) is 0. The zero-order valence-corrected chi connectivity index (χ0v) is 16.8. The van der Waals surface area contributed by atoms with Gasteiger partial charge >= 0.3 is 0 Å². The number of hydrogen-bond donors (Lipinski definition) is 0. The lowest BCUT2D eigenvalue weighted by molar-refractivity contribution is -0.312. The molecule has 3 rings (SSSR count). The van der Waals surface area contributed by atoms with Gasteiger partial charge in [-0.2, -0.15) is 0 Å². The van der Waals surface area contributed by atoms with Crippen molar-refractivity contribution in [1.82, 2.24) is 0 Å². The zero-order chi connectivity index (χ0) is 20.6. The van der Waals surface area contributed by atoms with Crippen LogP contribution in [0.15, 0.2) is 51.7 Å². The van der Waals surface area contributed by atoms with Gasteiger partial charge in [0.2, 0.25) is 11.2 Å². The maximum absolute atomic E-state index is 13.0. The van der Waals surface area contributed by atoms with Crippen molar-refractivity contribution in [1.29, 1.82) is 0 Å². The van der Waals surface area contributed by atoms with E-state index in [1.54, 1.807) is 12.1 Å². The number of carboxylic acid groups (broad SMARTS) is 1. The number of carbonyl (C=O) groups is 1. The van der Waals surface area contributed by atoms with E-state index < -0.39 is 17.5 Å². The van der Waals surface area contributed by atoms with Gasteiger partial charge in [-0.25, -0.2) is 0 Å². The van der Waals surface area contributed by atoms with Gasteiger partial charge in [-0.05, 0) is 36.1 Å². The van der Waals surface area contributed by atoms with Gasteiger partial charge in [-0.3, -0.25) is 4.79 Å². The van der Waals surface area contributed by atoms with Crippen LogP contribution in [0.1, 0.15) is 33.3 Å². The number of aliphatic carboxylic acids is 1. The van der Waals surface area contributed by atoms with E-state index in [2.05, 4.69) is 20.8 Å². The SMILES string of the molecule is CC(Oc1c(-c2ccc(C(C)(C)C)cc2)oc2ccc(Cl)cc2c1=O)C(=O)[O-]. The van der Waals surface area contributed by atoms with Gasteiger partial charge in [0.05, 0.1) is 11.4 Å². The molecule has 0 aliphatic heterocycles. The van der Waals surface area contributed by atoms with Crippen molar-refractivity contribution in [3.8, 4) is 17.1 Å². The summed E-state index contributed by atoms with van der Waals surface area (Å²) in [6.45, 7) is 7.58. The Morgan fingerprint density at radius 1 is 1.14 bits per heavy atom. The van der Waals surface area contributed by atoms with Crippen molar-refractivity contribution in [2.75, 3.05) is 0 Å². The lowest BCUT2D eigenvalue weighted by Crippen LogP contribution is -2.38. The molecule has 0 aliphatic rings. The number of carbonyl (C=O) groups excluding carboxylic acids is 1. The third kappa shape index (κ3) is 3.90. The number of halogens is 1. The molecule has 1 atom stereocenters. The smallest absolute Gasteiger partial charge is 0.235 e. The Labute approximate surface area is 167 Å². The maximum Gasteiger partial charge on any atom is 0.235 e. The molecule has 2 aromatic carbocycles. The second-order valence-corrected chi connectivity index (χ2v) is 8.07. The second kappa shape index (κ2) is 7.32. The van der Waals surface area contributed by atoms with Crippen LogP contribution in [-0.2, 0) is 10.2 Å². The highest BCUT2D eigenvalue weighted by Gasteiger charge is 2.21. The maximum atomic E-state index is 13.0. The Balaban J connectivity index is 2.23. The fourth-order valence-corrected chi connectivity index (χ4v) is 2.97. The van der Waals surface area contributed by atoms with Crippen LogP contribution in [-0.4, -0.2) is 12.1 Å². The summed E-state index contributed by atoms with van der Waals surface area (Å²) in [5.41, 5.74) is 1.51. The molecule has 1 unspecified atom stereocenters. The molecule has 6 heteroatoms. The summed E-state index contributed by atoms with van der Waals surface area (Å²) < 4.78 is 11.4. The highest BCUT2D eigenvalue weighted by Crippen LogP contribution is 2.33. The number of hydrogen-bond acceptors (Lipinski definition) is 5. The van der Waals surface area contributed by atoms with E-state index in [9.17, 15) is 14.7 Å². The fourth-order valence-electron chi connectivity index (χ4n) is 2.79. The van der Waals surface area contributed by atoms with E-state index in [1.165, 1.54) is 13.0 Å². The van der Waals surface area contributed by atoms with Crippen LogP contribution in [0.3, 0.4) is 0 Å². The minimum atomic E-state index is -1.43. The molecule has 0 radical (unpaired) electrons. The molecule has 146 valence electrons. The Hall–Kier alpha value is -2.79. The third-order valence-corrected chi connectivity index (χ3v) is 4.69. The van der Waals surface area contributed by atoms with Gasteiger partial charge in [-0.1, -0.05) is 56.6 Å². The molecule has 1 aromatic heterocycles. The molecular formula is C22H20ClO5-. The Kier molecular flexibility index (Phi) is 5.22. The zero-order valence-electron chi connectivity index (χ0n) is 16.0. The normalized spacial score (nSPS) is 12.8. The highest BCUT2D eigenvalue weighted by molar-refractivity contribution is 6.31. The number of fused-ring (bicyclic) bond motifs is 1. The molecule has 0 saturated heterocycles. The predicted octanol–water partition coefficient (Wildman–Crippen LogP) is 3.93. The molecule has 0 N–H and O–H groups in total. The first-order chi connectivity index (χ1) is 13.1. The van der Waals surface area contributed by atoms with Crippen molar-refractivity contribution < 1.29 is 19.1 Å². The molecule has 0 bridgehead atoms. The van der Waals surface area contributed by atoms with Gasteiger partial charge in [0.1, 0.15) is 11.7 Å². The highest BCUT2D eigenvalue weighted by atomic mass is 35.5. The molecule has 0 fully saturated rings. The molecule has 5 nitrogen and oxygen atoms in total. The quantitative estimate of drug-likeness (QED) is 0.664. The molecule has 3 aromatic rings. The van der Waals surface area contributed by atoms with Crippen molar-refractivity contribution >= 4 is 28.5 Å². The second-order valence-electron chi connectivity index (χ2n) is 7.64. The van der Waals surface area contributed by atoms with Gasteiger partial charge in [-0.15, -0.1) is 0 Å². The molecule has 0 aliphatic carbocycles. The van der Waals surface area contributed by atoms with Crippen molar-refractivity contribution in [2.24, 2.45) is 0 Å². The van der Waals surface area contributed by atoms with E-state index >= 15 is 0 Å². The fraction of sp³-hybridized carbons (Fsp3) is 0.273. The van der Waals surface area contributed by atoms with Crippen LogP contribution in [0, 0.1) is 0 Å². The predicted molar refractivity (Wildman–Crippen MR) is 107 cm³/mol. The van der Waals surface area contributed by atoms with Gasteiger partial charge < -0.3 is 19.1 Å². The summed E-state index contributed by atoms with van der Waals surface area (Å²) in [5, 5.41) is 11.7. The molecule has 0 spiro atoms. The van der Waals surface area contributed by atoms with Crippen molar-refractivity contribution in [3.05, 3.63) is 63.3 Å². The van der Waals surface area contributed by atoms with Gasteiger partial charge in [0.25, 0.3) is 0 Å². The molecule has 1 heterocycles. The summed E-state index contributed by atoms with van der Waals surface area (Å²) in [4.78, 5) is 24.1. The minimum Gasteiger partial charge on any atom is -0.546 e. The molecule has 0 saturated carbocycles. The van der Waals surface area contributed by atoms with Gasteiger partial charge in [0.15, 0.2) is 5.76 Å². The van der Waals surface area contributed by atoms with Crippen LogP contribution < -0.4 is 15.3 Å². The summed E-state index contributed by atoms with van der Waals surface area (Å²) in [6.07, 6.45) is -1.33. The van der Waals surface area contributed by atoms with Crippen molar-refractivity contribution in [2.45, 2.75) is 39.2 Å². The minimum absolute atomic E-state index is 0.0394. The lowest BCUT2D eigenvalue weighted by Gasteiger charge is -2.20. The summed E-state index contributed by atoms with van der Waals surface area (Å²) in [5.74, 6) is -1.46. The molecule has 0 amide bonds. The van der Waals surface area contributed by atoms with E-state index in [-0.39, 0.29) is 22.3 Å². The third-order valence-electron chi connectivity index (χ3n) is 4.45. The van der Waals surface area contributed by atoms with Gasteiger partial charge in [0, 0.05) is 10.6 Å². The van der Waals surface area contributed by atoms with E-state index in [1.807, 2.05) is 24.3 Å². The van der Waals surface area contributed by atoms with E-state index in [0.29, 0.717) is 16.2 Å². The Bertz CT molecular complexity index is 1090. The molecule has 28 heavy (non-hydrogen) atoms. The monoisotopic (exact) mass is 399 g/mol. The van der Waals surface area contributed by atoms with Crippen LogP contribution in [0.5, 0.6) is 5.75 Å². The average Bonchev–Trinajstić information content (AvgIpc) is 2.63. The Morgan fingerprint density at radius 2 is 1.79 bits per heavy atom. The lowest BCUT2D eigenvalue weighted by atomic mass is 9.86. The first kappa shape index (κ1) is 20.0. The first-order valence-corrected chi connectivity index (χ1v) is 9.20. The summed E-state index contributed by atoms with van der Waals surface area (Å²) >= 11 is 5.99. The average molecular weight is 400 g/mol.